The Balaban J connectivity index is 2.92. The van der Waals surface area contributed by atoms with Gasteiger partial charge in [-0.1, -0.05) is 18.2 Å². The molecule has 1 atom stereocenters. The van der Waals surface area contributed by atoms with Gasteiger partial charge in [0.25, 0.3) is 0 Å². The quantitative estimate of drug-likeness (QED) is 0.787. The van der Waals surface area contributed by atoms with Gasteiger partial charge in [-0.05, 0) is 11.4 Å². The molecule has 0 bridgehead atoms. The molecule has 1 aromatic rings. The Morgan fingerprint density at radius 1 is 1.57 bits per heavy atom. The van der Waals surface area contributed by atoms with Crippen molar-refractivity contribution in [1.82, 2.24) is 0 Å². The highest BCUT2D eigenvalue weighted by Gasteiger charge is 2.37. The lowest BCUT2D eigenvalue weighted by Gasteiger charge is -2.15. The van der Waals surface area contributed by atoms with E-state index in [1.165, 1.54) is 11.4 Å². The molecule has 0 aliphatic heterocycles. The van der Waals surface area contributed by atoms with Gasteiger partial charge in [0.15, 0.2) is 0 Å². The van der Waals surface area contributed by atoms with Crippen molar-refractivity contribution in [3.8, 4) is 0 Å². The van der Waals surface area contributed by atoms with Crippen LogP contribution in [0.4, 0.5) is 13.2 Å². The minimum atomic E-state index is -4.60. The zero-order valence-corrected chi connectivity index (χ0v) is 8.38. The second-order valence-electron chi connectivity index (χ2n) is 2.56. The van der Waals surface area contributed by atoms with Crippen LogP contribution in [-0.4, -0.2) is 11.3 Å². The van der Waals surface area contributed by atoms with Crippen LogP contribution in [0.3, 0.4) is 0 Å². The molecule has 0 radical (unpaired) electrons. The summed E-state index contributed by atoms with van der Waals surface area (Å²) in [6, 6.07) is 1.43. The number of thiophene rings is 1. The molecule has 78 valence electrons. The van der Waals surface area contributed by atoms with Crippen LogP contribution in [0.15, 0.2) is 23.6 Å². The van der Waals surface area contributed by atoms with Crippen molar-refractivity contribution in [2.24, 2.45) is 0 Å². The van der Waals surface area contributed by atoms with Crippen molar-refractivity contribution >= 4 is 22.9 Å². The first-order chi connectivity index (χ1) is 6.34. The molecule has 1 N–H and O–H groups in total. The van der Waals surface area contributed by atoms with E-state index in [4.69, 9.17) is 11.6 Å². The molecule has 0 spiro atoms. The highest BCUT2D eigenvalue weighted by molar-refractivity contribution is 7.10. The van der Waals surface area contributed by atoms with Crippen molar-refractivity contribution in [2.75, 3.05) is 0 Å². The number of alkyl halides is 3. The molecule has 6 heteroatoms. The smallest absolute Gasteiger partial charge is 0.383 e. The third kappa shape index (κ3) is 2.29. The first-order valence-electron chi connectivity index (χ1n) is 3.51. The van der Waals surface area contributed by atoms with Crippen LogP contribution in [0.1, 0.15) is 11.0 Å². The molecule has 0 saturated heterocycles. The zero-order chi connectivity index (χ0) is 10.9. The lowest BCUT2D eigenvalue weighted by molar-refractivity contribution is -0.105. The Hall–Kier alpha value is -0.520. The maximum Gasteiger partial charge on any atom is 0.414 e. The lowest BCUT2D eigenvalue weighted by atomic mass is 10.1. The monoisotopic (exact) mass is 242 g/mol. The second-order valence-corrected chi connectivity index (χ2v) is 3.91. The molecule has 1 rings (SSSR count). The fourth-order valence-electron chi connectivity index (χ4n) is 0.814. The Bertz CT molecular complexity index is 345. The van der Waals surface area contributed by atoms with Gasteiger partial charge in [0.05, 0.1) is 15.5 Å². The van der Waals surface area contributed by atoms with Crippen molar-refractivity contribution < 1.29 is 18.3 Å². The van der Waals surface area contributed by atoms with Crippen LogP contribution in [0, 0.1) is 0 Å². The fraction of sp³-hybridized carbons (Fsp3) is 0.250. The third-order valence-corrected chi connectivity index (χ3v) is 3.00. The number of halogens is 4. The van der Waals surface area contributed by atoms with Crippen LogP contribution in [-0.2, 0) is 0 Å². The summed E-state index contributed by atoms with van der Waals surface area (Å²) >= 11 is 6.53. The standard InChI is InChI=1S/C8H6ClF3OS/c1-4(8(10,11)12)6(13)7-5(9)2-3-14-7/h2-3,6,13H,1H2. The summed E-state index contributed by atoms with van der Waals surface area (Å²) in [5, 5.41) is 10.9. The first-order valence-corrected chi connectivity index (χ1v) is 4.76. The SMILES string of the molecule is C=C(C(O)c1sccc1Cl)C(F)(F)F. The predicted molar refractivity (Wildman–Crippen MR) is 49.5 cm³/mol. The topological polar surface area (TPSA) is 20.2 Å². The van der Waals surface area contributed by atoms with Gasteiger partial charge in [-0.2, -0.15) is 13.2 Å². The summed E-state index contributed by atoms with van der Waals surface area (Å²) < 4.78 is 36.4. The summed E-state index contributed by atoms with van der Waals surface area (Å²) in [4.78, 5) is 0.0639. The van der Waals surface area contributed by atoms with Gasteiger partial charge in [-0.3, -0.25) is 0 Å². The predicted octanol–water partition coefficient (Wildman–Crippen LogP) is 3.55. The first kappa shape index (κ1) is 11.6. The Labute approximate surface area is 87.4 Å². The Morgan fingerprint density at radius 3 is 2.50 bits per heavy atom. The van der Waals surface area contributed by atoms with Gasteiger partial charge >= 0.3 is 6.18 Å². The minimum Gasteiger partial charge on any atom is -0.383 e. The number of hydrogen-bond donors (Lipinski definition) is 1. The Kier molecular flexibility index (Phi) is 3.24. The Morgan fingerprint density at radius 2 is 2.14 bits per heavy atom. The van der Waals surface area contributed by atoms with Gasteiger partial charge < -0.3 is 5.11 Å². The molecule has 0 aromatic carbocycles. The molecule has 0 aliphatic carbocycles. The largest absolute Gasteiger partial charge is 0.414 e. The third-order valence-electron chi connectivity index (χ3n) is 1.59. The summed E-state index contributed by atoms with van der Waals surface area (Å²) in [6.45, 7) is 2.80. The average molecular weight is 243 g/mol. The maximum absolute atomic E-state index is 12.1. The van der Waals surface area contributed by atoms with Crippen LogP contribution >= 0.6 is 22.9 Å². The molecular weight excluding hydrogens is 237 g/mol. The highest BCUT2D eigenvalue weighted by Crippen LogP contribution is 2.38. The van der Waals surface area contributed by atoms with E-state index in [1.54, 1.807) is 0 Å². The fourth-order valence-corrected chi connectivity index (χ4v) is 1.99. The van der Waals surface area contributed by atoms with Gasteiger partial charge in [-0.25, -0.2) is 0 Å². The van der Waals surface area contributed by atoms with Crippen LogP contribution < -0.4 is 0 Å². The molecule has 0 fully saturated rings. The molecule has 1 unspecified atom stereocenters. The average Bonchev–Trinajstić information content (AvgIpc) is 2.47. The van der Waals surface area contributed by atoms with E-state index in [1.807, 2.05) is 0 Å². The van der Waals surface area contributed by atoms with Crippen molar-refractivity contribution in [3.63, 3.8) is 0 Å². The molecular formula is C8H6ClF3OS. The number of hydrogen-bond acceptors (Lipinski definition) is 2. The van der Waals surface area contributed by atoms with E-state index in [2.05, 4.69) is 6.58 Å². The van der Waals surface area contributed by atoms with E-state index in [0.29, 0.717) is 0 Å². The molecule has 0 amide bonds. The molecule has 0 saturated carbocycles. The molecule has 1 aromatic heterocycles. The van der Waals surface area contributed by atoms with E-state index in [-0.39, 0.29) is 9.90 Å². The second kappa shape index (κ2) is 3.92. The normalized spacial score (nSPS) is 14.1. The summed E-state index contributed by atoms with van der Waals surface area (Å²) in [5.41, 5.74) is -1.21. The maximum atomic E-state index is 12.1. The van der Waals surface area contributed by atoms with Gasteiger partial charge in [0, 0.05) is 0 Å². The van der Waals surface area contributed by atoms with Crippen LogP contribution in [0.5, 0.6) is 0 Å². The molecule has 1 nitrogen and oxygen atoms in total. The molecule has 1 heterocycles. The highest BCUT2D eigenvalue weighted by atomic mass is 35.5. The number of aliphatic hydroxyl groups is 1. The van der Waals surface area contributed by atoms with Crippen molar-refractivity contribution in [3.05, 3.63) is 33.5 Å². The zero-order valence-electron chi connectivity index (χ0n) is 6.81. The van der Waals surface area contributed by atoms with E-state index >= 15 is 0 Å². The summed E-state index contributed by atoms with van der Waals surface area (Å²) in [7, 11) is 0. The summed E-state index contributed by atoms with van der Waals surface area (Å²) in [5.74, 6) is 0. The van der Waals surface area contributed by atoms with Gasteiger partial charge in [0.1, 0.15) is 6.10 Å². The van der Waals surface area contributed by atoms with Crippen molar-refractivity contribution in [2.45, 2.75) is 12.3 Å². The van der Waals surface area contributed by atoms with E-state index in [0.717, 1.165) is 11.3 Å². The van der Waals surface area contributed by atoms with Gasteiger partial charge in [-0.15, -0.1) is 11.3 Å². The van der Waals surface area contributed by atoms with Crippen molar-refractivity contribution in [1.29, 1.82) is 0 Å². The number of rotatable bonds is 2. The van der Waals surface area contributed by atoms with E-state index in [9.17, 15) is 18.3 Å². The minimum absolute atomic E-state index is 0.0639. The van der Waals surface area contributed by atoms with Crippen LogP contribution in [0.25, 0.3) is 0 Å². The molecule has 14 heavy (non-hydrogen) atoms. The summed E-state index contributed by atoms with van der Waals surface area (Å²) in [6.07, 6.45) is -6.38. The number of aliphatic hydroxyl groups excluding tert-OH is 1. The lowest BCUT2D eigenvalue weighted by Crippen LogP contribution is -2.17. The van der Waals surface area contributed by atoms with Gasteiger partial charge in [0.2, 0.25) is 0 Å². The van der Waals surface area contributed by atoms with Crippen LogP contribution in [0.2, 0.25) is 5.02 Å². The molecule has 0 aliphatic rings. The van der Waals surface area contributed by atoms with E-state index < -0.39 is 17.9 Å².